The second kappa shape index (κ2) is 6.49. The van der Waals surface area contributed by atoms with Gasteiger partial charge >= 0.3 is 0 Å². The van der Waals surface area contributed by atoms with Crippen LogP contribution < -0.4 is 5.56 Å². The molecule has 0 radical (unpaired) electrons. The van der Waals surface area contributed by atoms with E-state index in [9.17, 15) is 9.18 Å². The third-order valence-electron chi connectivity index (χ3n) is 4.78. The van der Waals surface area contributed by atoms with E-state index in [1.807, 2.05) is 25.1 Å². The number of para-hydroxylation sites is 1. The molecule has 3 aromatic heterocycles. The van der Waals surface area contributed by atoms with Gasteiger partial charge in [0, 0.05) is 11.2 Å². The van der Waals surface area contributed by atoms with Crippen LogP contribution in [0.15, 0.2) is 65.6 Å². The molecule has 6 nitrogen and oxygen atoms in total. The van der Waals surface area contributed by atoms with Crippen LogP contribution in [-0.2, 0) is 0 Å². The Bertz CT molecular complexity index is 1470. The zero-order valence-corrected chi connectivity index (χ0v) is 15.9. The summed E-state index contributed by atoms with van der Waals surface area (Å²) < 4.78 is 17.0. The predicted octanol–water partition coefficient (Wildman–Crippen LogP) is 4.20. The molecule has 5 aromatic rings. The number of benzene rings is 2. The maximum absolute atomic E-state index is 14.2. The molecule has 0 saturated carbocycles. The second-order valence-corrected chi connectivity index (χ2v) is 7.02. The average molecular weight is 406 g/mol. The van der Waals surface area contributed by atoms with Crippen molar-refractivity contribution in [1.29, 1.82) is 0 Å². The lowest BCUT2D eigenvalue weighted by Gasteiger charge is -2.08. The fraction of sp³-hybridized carbons (Fsp3) is 0.0476. The lowest BCUT2D eigenvalue weighted by atomic mass is 10.1. The number of halogens is 2. The van der Waals surface area contributed by atoms with Crippen molar-refractivity contribution >= 4 is 28.3 Å². The van der Waals surface area contributed by atoms with Crippen molar-refractivity contribution in [3.63, 3.8) is 0 Å². The number of hydrogen-bond acceptors (Lipinski definition) is 4. The van der Waals surface area contributed by atoms with Crippen molar-refractivity contribution < 1.29 is 4.39 Å². The van der Waals surface area contributed by atoms with Gasteiger partial charge in [-0.2, -0.15) is 5.10 Å². The molecule has 0 aliphatic rings. The predicted molar refractivity (Wildman–Crippen MR) is 109 cm³/mol. The van der Waals surface area contributed by atoms with E-state index in [1.165, 1.54) is 22.9 Å². The lowest BCUT2D eigenvalue weighted by molar-refractivity contribution is 0.616. The molecule has 0 amide bonds. The van der Waals surface area contributed by atoms with Crippen LogP contribution in [0.4, 0.5) is 4.39 Å². The summed E-state index contributed by atoms with van der Waals surface area (Å²) in [5.74, 6) is -0.499. The second-order valence-electron chi connectivity index (χ2n) is 6.58. The van der Waals surface area contributed by atoms with Crippen molar-refractivity contribution in [3.05, 3.63) is 87.7 Å². The zero-order valence-electron chi connectivity index (χ0n) is 15.2. The molecule has 142 valence electrons. The summed E-state index contributed by atoms with van der Waals surface area (Å²) in [6, 6.07) is 15.1. The van der Waals surface area contributed by atoms with Gasteiger partial charge in [0.25, 0.3) is 5.56 Å². The summed E-state index contributed by atoms with van der Waals surface area (Å²) in [4.78, 5) is 13.0. The first-order valence-corrected chi connectivity index (χ1v) is 9.20. The Morgan fingerprint density at radius 3 is 2.66 bits per heavy atom. The molecule has 0 saturated heterocycles. The van der Waals surface area contributed by atoms with Crippen molar-refractivity contribution in [3.8, 4) is 16.8 Å². The van der Waals surface area contributed by atoms with Gasteiger partial charge in [-0.05, 0) is 42.8 Å². The molecular weight excluding hydrogens is 393 g/mol. The van der Waals surface area contributed by atoms with Gasteiger partial charge in [0.05, 0.1) is 16.9 Å². The molecule has 5 rings (SSSR count). The van der Waals surface area contributed by atoms with Gasteiger partial charge in [0.2, 0.25) is 0 Å². The van der Waals surface area contributed by atoms with Gasteiger partial charge in [-0.15, -0.1) is 10.2 Å². The number of fused-ring (bicyclic) bond motifs is 3. The molecule has 0 aliphatic carbocycles. The summed E-state index contributed by atoms with van der Waals surface area (Å²) in [6.07, 6.45) is 1.51. The van der Waals surface area contributed by atoms with Gasteiger partial charge in [-0.25, -0.2) is 8.91 Å². The Kier molecular flexibility index (Phi) is 3.92. The zero-order chi connectivity index (χ0) is 20.1. The van der Waals surface area contributed by atoms with Crippen molar-refractivity contribution in [1.82, 2.24) is 24.4 Å². The van der Waals surface area contributed by atoms with Crippen LogP contribution in [0.2, 0.25) is 5.02 Å². The molecule has 0 fully saturated rings. The highest BCUT2D eigenvalue weighted by Crippen LogP contribution is 2.29. The van der Waals surface area contributed by atoms with Crippen LogP contribution in [0.3, 0.4) is 0 Å². The Balaban J connectivity index is 1.79. The fourth-order valence-electron chi connectivity index (χ4n) is 3.47. The van der Waals surface area contributed by atoms with Crippen LogP contribution in [0.5, 0.6) is 0 Å². The van der Waals surface area contributed by atoms with E-state index < -0.39 is 11.4 Å². The maximum atomic E-state index is 14.2. The SMILES string of the molecule is Cc1nn2c(nnc3c(=O)n(-c4ccccc4F)ccc32)c1-c1cccc(Cl)c1. The first kappa shape index (κ1) is 17.5. The molecule has 8 heteroatoms. The van der Waals surface area contributed by atoms with Crippen molar-refractivity contribution in [2.24, 2.45) is 0 Å². The highest BCUT2D eigenvalue weighted by molar-refractivity contribution is 6.30. The van der Waals surface area contributed by atoms with Gasteiger partial charge in [-0.3, -0.25) is 9.36 Å². The van der Waals surface area contributed by atoms with Crippen molar-refractivity contribution in [2.45, 2.75) is 6.92 Å². The molecule has 0 N–H and O–H groups in total. The number of pyridine rings is 1. The molecular formula is C21H13ClFN5O. The largest absolute Gasteiger partial charge is 0.285 e. The molecule has 3 heterocycles. The smallest absolute Gasteiger partial charge is 0.279 e. The standard InChI is InChI=1S/C21H13ClFN5O/c1-12-18(13-5-4-6-14(22)11-13)20-25-24-19-17(28(20)26-12)9-10-27(21(19)29)16-8-3-2-7-15(16)23/h2-11H,1H3. The van der Waals surface area contributed by atoms with Crippen molar-refractivity contribution in [2.75, 3.05) is 0 Å². The number of nitrogens with zero attached hydrogens (tertiary/aromatic N) is 5. The maximum Gasteiger partial charge on any atom is 0.285 e. The quantitative estimate of drug-likeness (QED) is 0.441. The van der Waals surface area contributed by atoms with E-state index in [0.717, 1.165) is 16.8 Å². The molecule has 0 spiro atoms. The first-order valence-electron chi connectivity index (χ1n) is 8.83. The van der Waals surface area contributed by atoms with E-state index in [4.69, 9.17) is 11.6 Å². The van der Waals surface area contributed by atoms with Gasteiger partial charge < -0.3 is 0 Å². The lowest BCUT2D eigenvalue weighted by Crippen LogP contribution is -2.21. The highest BCUT2D eigenvalue weighted by atomic mass is 35.5. The summed E-state index contributed by atoms with van der Waals surface area (Å²) >= 11 is 6.13. The van der Waals surface area contributed by atoms with Gasteiger partial charge in [0.15, 0.2) is 11.2 Å². The van der Waals surface area contributed by atoms with E-state index in [0.29, 0.717) is 16.2 Å². The van der Waals surface area contributed by atoms with E-state index >= 15 is 0 Å². The topological polar surface area (TPSA) is 65.1 Å². The Hall–Kier alpha value is -3.58. The van der Waals surface area contributed by atoms with E-state index in [-0.39, 0.29) is 11.2 Å². The first-order chi connectivity index (χ1) is 14.0. The third-order valence-corrected chi connectivity index (χ3v) is 5.01. The minimum Gasteiger partial charge on any atom is -0.279 e. The molecule has 0 bridgehead atoms. The third kappa shape index (κ3) is 2.70. The number of aryl methyl sites for hydroxylation is 1. The number of aromatic nitrogens is 5. The molecule has 0 unspecified atom stereocenters. The van der Waals surface area contributed by atoms with Crippen LogP contribution >= 0.6 is 11.6 Å². The molecule has 2 aromatic carbocycles. The molecule has 0 atom stereocenters. The Morgan fingerprint density at radius 2 is 1.86 bits per heavy atom. The van der Waals surface area contributed by atoms with Gasteiger partial charge in [0.1, 0.15) is 11.3 Å². The van der Waals surface area contributed by atoms with Crippen LogP contribution in [0, 0.1) is 12.7 Å². The van der Waals surface area contributed by atoms with Crippen LogP contribution in [-0.4, -0.2) is 24.4 Å². The van der Waals surface area contributed by atoms with Gasteiger partial charge in [-0.1, -0.05) is 35.9 Å². The highest BCUT2D eigenvalue weighted by Gasteiger charge is 2.18. The normalized spacial score (nSPS) is 11.4. The fourth-order valence-corrected chi connectivity index (χ4v) is 3.66. The summed E-state index contributed by atoms with van der Waals surface area (Å²) in [5.41, 5.74) is 3.16. The number of hydrogen-bond donors (Lipinski definition) is 0. The number of rotatable bonds is 2. The molecule has 0 aliphatic heterocycles. The minimum absolute atomic E-state index is 0.100. The average Bonchev–Trinajstić information content (AvgIpc) is 3.05. The van der Waals surface area contributed by atoms with Crippen LogP contribution in [0.25, 0.3) is 33.5 Å². The Morgan fingerprint density at radius 1 is 1.03 bits per heavy atom. The minimum atomic E-state index is -0.499. The van der Waals surface area contributed by atoms with E-state index in [2.05, 4.69) is 15.3 Å². The Labute approximate surface area is 168 Å². The molecule has 29 heavy (non-hydrogen) atoms. The van der Waals surface area contributed by atoms with Crippen LogP contribution in [0.1, 0.15) is 5.69 Å². The van der Waals surface area contributed by atoms with E-state index in [1.54, 1.807) is 28.8 Å². The monoisotopic (exact) mass is 405 g/mol. The summed E-state index contributed by atoms with van der Waals surface area (Å²) in [7, 11) is 0. The summed E-state index contributed by atoms with van der Waals surface area (Å²) in [5, 5.41) is 13.6. The summed E-state index contributed by atoms with van der Waals surface area (Å²) in [6.45, 7) is 1.86.